The number of nitrogens with one attached hydrogen (secondary N) is 1. The summed E-state index contributed by atoms with van der Waals surface area (Å²) in [6.07, 6.45) is 2.82. The van der Waals surface area contributed by atoms with Crippen LogP contribution in [0.25, 0.3) is 0 Å². The predicted molar refractivity (Wildman–Crippen MR) is 93.4 cm³/mol. The molecule has 2 heterocycles. The van der Waals surface area contributed by atoms with E-state index >= 15 is 0 Å². The van der Waals surface area contributed by atoms with Gasteiger partial charge in [0.15, 0.2) is 0 Å². The maximum atomic E-state index is 12.5. The third kappa shape index (κ3) is 4.12. The van der Waals surface area contributed by atoms with E-state index in [9.17, 15) is 13.2 Å². The van der Waals surface area contributed by atoms with E-state index in [4.69, 9.17) is 9.68 Å². The van der Waals surface area contributed by atoms with Gasteiger partial charge in [0.1, 0.15) is 5.76 Å². The number of hydrogen-bond donors (Lipinski definition) is 1. The van der Waals surface area contributed by atoms with Crippen molar-refractivity contribution < 1.29 is 17.6 Å². The van der Waals surface area contributed by atoms with Gasteiger partial charge in [-0.15, -0.1) is 0 Å². The largest absolute Gasteiger partial charge is 0.468 e. The smallest absolute Gasteiger partial charge is 0.253 e. The molecule has 7 nitrogen and oxygen atoms in total. The number of hydrogen-bond acceptors (Lipinski definition) is 5. The van der Waals surface area contributed by atoms with E-state index in [-0.39, 0.29) is 23.3 Å². The minimum Gasteiger partial charge on any atom is -0.468 e. The molecule has 0 atom stereocenters. The number of piperidine rings is 1. The van der Waals surface area contributed by atoms with Gasteiger partial charge in [0.05, 0.1) is 23.8 Å². The summed E-state index contributed by atoms with van der Waals surface area (Å²) in [5, 5.41) is 8.92. The Hall–Kier alpha value is -2.63. The SMILES string of the molecule is N#CC1CCN(C(=O)c2ccc(S(=O)(=O)NCc3ccco3)cc2)CC1. The second kappa shape index (κ2) is 7.72. The molecule has 0 unspecified atom stereocenters. The molecule has 1 aliphatic rings. The summed E-state index contributed by atoms with van der Waals surface area (Å²) < 4.78 is 32.2. The van der Waals surface area contributed by atoms with Crippen molar-refractivity contribution in [2.24, 2.45) is 5.92 Å². The molecule has 1 amide bonds. The highest BCUT2D eigenvalue weighted by Gasteiger charge is 2.24. The average Bonchev–Trinajstić information content (AvgIpc) is 3.20. The zero-order chi connectivity index (χ0) is 18.6. The number of nitrogens with zero attached hydrogens (tertiary/aromatic N) is 2. The van der Waals surface area contributed by atoms with Gasteiger partial charge in [0.2, 0.25) is 10.0 Å². The Bertz CT molecular complexity index is 891. The van der Waals surface area contributed by atoms with Gasteiger partial charge in [-0.3, -0.25) is 4.79 Å². The lowest BCUT2D eigenvalue weighted by molar-refractivity contribution is 0.0707. The summed E-state index contributed by atoms with van der Waals surface area (Å²) in [4.78, 5) is 14.3. The van der Waals surface area contributed by atoms with E-state index in [0.717, 1.165) is 0 Å². The summed E-state index contributed by atoms with van der Waals surface area (Å²) in [7, 11) is -3.69. The summed E-state index contributed by atoms with van der Waals surface area (Å²) in [5.41, 5.74) is 0.436. The molecule has 0 radical (unpaired) electrons. The molecular weight excluding hydrogens is 354 g/mol. The lowest BCUT2D eigenvalue weighted by Gasteiger charge is -2.29. The lowest BCUT2D eigenvalue weighted by atomic mass is 9.98. The third-order valence-corrected chi connectivity index (χ3v) is 5.81. The van der Waals surface area contributed by atoms with E-state index in [1.54, 1.807) is 17.0 Å². The molecule has 0 spiro atoms. The number of carbonyl (C=O) groups is 1. The molecule has 3 rings (SSSR count). The van der Waals surface area contributed by atoms with Crippen LogP contribution in [0.15, 0.2) is 52.0 Å². The van der Waals surface area contributed by atoms with Gasteiger partial charge in [-0.25, -0.2) is 13.1 Å². The van der Waals surface area contributed by atoms with Crippen molar-refractivity contribution in [1.82, 2.24) is 9.62 Å². The minimum atomic E-state index is -3.69. The first-order valence-electron chi connectivity index (χ1n) is 8.30. The van der Waals surface area contributed by atoms with Crippen molar-refractivity contribution in [3.63, 3.8) is 0 Å². The first-order valence-corrected chi connectivity index (χ1v) is 9.79. The van der Waals surface area contributed by atoms with E-state index in [2.05, 4.69) is 10.8 Å². The number of sulfonamides is 1. The van der Waals surface area contributed by atoms with Gasteiger partial charge >= 0.3 is 0 Å². The van der Waals surface area contributed by atoms with Gasteiger partial charge in [-0.1, -0.05) is 0 Å². The fourth-order valence-electron chi connectivity index (χ4n) is 2.83. The molecule has 1 fully saturated rings. The monoisotopic (exact) mass is 373 g/mol. The number of benzene rings is 1. The summed E-state index contributed by atoms with van der Waals surface area (Å²) >= 11 is 0. The van der Waals surface area contributed by atoms with Crippen LogP contribution in [-0.2, 0) is 16.6 Å². The van der Waals surface area contributed by atoms with Gasteiger partial charge in [-0.05, 0) is 49.2 Å². The Labute approximate surface area is 152 Å². The van der Waals surface area contributed by atoms with E-state index < -0.39 is 10.0 Å². The summed E-state index contributed by atoms with van der Waals surface area (Å²) in [6, 6.07) is 11.5. The molecule has 136 valence electrons. The first-order chi connectivity index (χ1) is 12.5. The van der Waals surface area contributed by atoms with Crippen LogP contribution >= 0.6 is 0 Å². The topological polar surface area (TPSA) is 103 Å². The third-order valence-electron chi connectivity index (χ3n) is 4.39. The van der Waals surface area contributed by atoms with Crippen LogP contribution in [-0.4, -0.2) is 32.3 Å². The molecule has 1 saturated heterocycles. The van der Waals surface area contributed by atoms with Gasteiger partial charge in [0, 0.05) is 24.6 Å². The molecule has 8 heteroatoms. The van der Waals surface area contributed by atoms with Gasteiger partial charge < -0.3 is 9.32 Å². The summed E-state index contributed by atoms with van der Waals surface area (Å²) in [6.45, 7) is 1.15. The van der Waals surface area contributed by atoms with Crippen LogP contribution in [0, 0.1) is 17.2 Å². The quantitative estimate of drug-likeness (QED) is 0.865. The van der Waals surface area contributed by atoms with Gasteiger partial charge in [0.25, 0.3) is 5.91 Å². The maximum absolute atomic E-state index is 12.5. The Morgan fingerprint density at radius 1 is 1.23 bits per heavy atom. The number of rotatable bonds is 5. The van der Waals surface area contributed by atoms with Crippen molar-refractivity contribution in [3.05, 3.63) is 54.0 Å². The second-order valence-electron chi connectivity index (χ2n) is 6.12. The number of carbonyl (C=O) groups excluding carboxylic acids is 1. The molecule has 1 aromatic carbocycles. The van der Waals surface area contributed by atoms with Crippen molar-refractivity contribution in [2.45, 2.75) is 24.3 Å². The number of amides is 1. The van der Waals surface area contributed by atoms with Crippen LogP contribution in [0.5, 0.6) is 0 Å². The molecule has 0 bridgehead atoms. The molecule has 0 saturated carbocycles. The normalized spacial score (nSPS) is 15.6. The molecule has 0 aliphatic carbocycles. The molecule has 2 aromatic rings. The van der Waals surface area contributed by atoms with Crippen molar-refractivity contribution in [2.75, 3.05) is 13.1 Å². The molecule has 1 aliphatic heterocycles. The first kappa shape index (κ1) is 18.2. The fourth-order valence-corrected chi connectivity index (χ4v) is 3.83. The van der Waals surface area contributed by atoms with Crippen molar-refractivity contribution >= 4 is 15.9 Å². The molecule has 26 heavy (non-hydrogen) atoms. The molecule has 1 N–H and O–H groups in total. The minimum absolute atomic E-state index is 0.00630. The maximum Gasteiger partial charge on any atom is 0.253 e. The highest BCUT2D eigenvalue weighted by atomic mass is 32.2. The highest BCUT2D eigenvalue weighted by Crippen LogP contribution is 2.19. The number of furan rings is 1. The van der Waals surface area contributed by atoms with Crippen LogP contribution in [0.1, 0.15) is 29.0 Å². The van der Waals surface area contributed by atoms with Crippen LogP contribution in [0.4, 0.5) is 0 Å². The number of likely N-dealkylation sites (tertiary alicyclic amines) is 1. The highest BCUT2D eigenvalue weighted by molar-refractivity contribution is 7.89. The van der Waals surface area contributed by atoms with Crippen LogP contribution in [0.2, 0.25) is 0 Å². The van der Waals surface area contributed by atoms with Gasteiger partial charge in [-0.2, -0.15) is 5.26 Å². The van der Waals surface area contributed by atoms with E-state index in [0.29, 0.717) is 37.3 Å². The van der Waals surface area contributed by atoms with Crippen molar-refractivity contribution in [1.29, 1.82) is 5.26 Å². The fraction of sp³-hybridized carbons (Fsp3) is 0.333. The Morgan fingerprint density at radius 2 is 1.92 bits per heavy atom. The number of nitriles is 1. The second-order valence-corrected chi connectivity index (χ2v) is 7.89. The Morgan fingerprint density at radius 3 is 2.50 bits per heavy atom. The van der Waals surface area contributed by atoms with E-state index in [1.807, 2.05) is 0 Å². The van der Waals surface area contributed by atoms with Crippen molar-refractivity contribution in [3.8, 4) is 6.07 Å². The molecule has 1 aromatic heterocycles. The predicted octanol–water partition coefficient (Wildman–Crippen LogP) is 2.13. The standard InChI is InChI=1S/C18H19N3O4S/c19-12-14-7-9-21(10-8-14)18(22)15-3-5-17(6-4-15)26(23,24)20-13-16-2-1-11-25-16/h1-6,11,14,20H,7-10,13H2. The average molecular weight is 373 g/mol. The zero-order valence-electron chi connectivity index (χ0n) is 14.1. The summed E-state index contributed by atoms with van der Waals surface area (Å²) in [5.74, 6) is 0.377. The lowest BCUT2D eigenvalue weighted by Crippen LogP contribution is -2.38. The zero-order valence-corrected chi connectivity index (χ0v) is 14.9. The van der Waals surface area contributed by atoms with Crippen LogP contribution in [0.3, 0.4) is 0 Å². The van der Waals surface area contributed by atoms with Crippen LogP contribution < -0.4 is 4.72 Å². The Kier molecular flexibility index (Phi) is 5.40. The molecular formula is C18H19N3O4S. The Balaban J connectivity index is 1.64. The van der Waals surface area contributed by atoms with E-state index in [1.165, 1.54) is 30.5 Å².